The number of hydrogen-bond acceptors (Lipinski definition) is 4. The van der Waals surface area contributed by atoms with Gasteiger partial charge in [0.25, 0.3) is 0 Å². The molecule has 7 heteroatoms. The summed E-state index contributed by atoms with van der Waals surface area (Å²) in [5.74, 6) is 4.79. The lowest BCUT2D eigenvalue weighted by molar-refractivity contribution is 0.0697. The molecule has 0 bridgehead atoms. The number of carboxylic acid groups (broad SMARTS) is 1. The number of nitrogens with two attached hydrogens (primary N) is 1. The highest BCUT2D eigenvalue weighted by molar-refractivity contribution is 5.87. The van der Waals surface area contributed by atoms with E-state index in [4.69, 9.17) is 10.9 Å². The molecule has 1 aromatic carbocycles. The summed E-state index contributed by atoms with van der Waals surface area (Å²) >= 11 is 0. The number of carbonyl (C=O) groups is 1. The summed E-state index contributed by atoms with van der Waals surface area (Å²) in [5.41, 5.74) is 0.128. The van der Waals surface area contributed by atoms with Gasteiger partial charge >= 0.3 is 11.7 Å². The summed E-state index contributed by atoms with van der Waals surface area (Å²) in [4.78, 5) is 22.3. The summed E-state index contributed by atoms with van der Waals surface area (Å²) < 4.78 is 2.03. The van der Waals surface area contributed by atoms with Crippen molar-refractivity contribution in [1.29, 1.82) is 0 Å². The average Bonchev–Trinajstić information content (AvgIpc) is 2.57. The van der Waals surface area contributed by atoms with Crippen LogP contribution in [0.1, 0.15) is 16.2 Å². The molecule has 0 aliphatic rings. The molecule has 0 unspecified atom stereocenters. The molecule has 0 aliphatic carbocycles. The topological polar surface area (TPSA) is 103 Å². The first-order valence-corrected chi connectivity index (χ1v) is 4.78. The third kappa shape index (κ3) is 1.78. The third-order valence-electron chi connectivity index (χ3n) is 2.34. The van der Waals surface area contributed by atoms with Gasteiger partial charge in [-0.05, 0) is 31.2 Å². The fourth-order valence-corrected chi connectivity index (χ4v) is 1.39. The van der Waals surface area contributed by atoms with Gasteiger partial charge in [0.1, 0.15) is 0 Å². The van der Waals surface area contributed by atoms with E-state index in [-0.39, 0.29) is 5.56 Å². The summed E-state index contributed by atoms with van der Waals surface area (Å²) in [7, 11) is 0. The van der Waals surface area contributed by atoms with E-state index in [1.165, 1.54) is 24.3 Å². The second kappa shape index (κ2) is 3.78. The Morgan fingerprint density at radius 3 is 2.35 bits per heavy atom. The molecule has 2 aromatic rings. The minimum atomic E-state index is -1.02. The molecule has 7 nitrogen and oxygen atoms in total. The Bertz CT molecular complexity index is 624. The van der Waals surface area contributed by atoms with Crippen LogP contribution in [0.2, 0.25) is 0 Å². The molecule has 0 aliphatic heterocycles. The number of carboxylic acids is 1. The lowest BCUT2D eigenvalue weighted by atomic mass is 10.2. The number of nitrogens with zero attached hydrogens (tertiary/aromatic N) is 3. The number of benzene rings is 1. The van der Waals surface area contributed by atoms with Crippen LogP contribution in [0.4, 0.5) is 0 Å². The predicted molar refractivity (Wildman–Crippen MR) is 59.7 cm³/mol. The van der Waals surface area contributed by atoms with Gasteiger partial charge in [0.2, 0.25) is 0 Å². The Morgan fingerprint density at radius 2 is 1.94 bits per heavy atom. The first-order chi connectivity index (χ1) is 8.00. The maximum atomic E-state index is 11.6. The highest BCUT2D eigenvalue weighted by Gasteiger charge is 2.09. The maximum absolute atomic E-state index is 11.6. The standard InChI is InChI=1S/C10H10N4O3/c1-6-12-14(10(17)13(6)11)8-4-2-7(3-5-8)9(15)16/h2-5H,11H2,1H3,(H,15,16). The molecule has 0 spiro atoms. The number of rotatable bonds is 2. The van der Waals surface area contributed by atoms with Gasteiger partial charge in [-0.1, -0.05) is 0 Å². The van der Waals surface area contributed by atoms with Gasteiger partial charge in [0.05, 0.1) is 11.3 Å². The van der Waals surface area contributed by atoms with E-state index in [1.54, 1.807) is 6.92 Å². The molecule has 0 radical (unpaired) electrons. The first-order valence-electron chi connectivity index (χ1n) is 4.78. The molecule has 0 saturated heterocycles. The zero-order valence-electron chi connectivity index (χ0n) is 8.99. The van der Waals surface area contributed by atoms with Crippen molar-refractivity contribution in [3.63, 3.8) is 0 Å². The summed E-state index contributed by atoms with van der Waals surface area (Å²) in [6.45, 7) is 1.60. The third-order valence-corrected chi connectivity index (χ3v) is 2.34. The van der Waals surface area contributed by atoms with Crippen LogP contribution < -0.4 is 11.5 Å². The van der Waals surface area contributed by atoms with Gasteiger partial charge in [0.15, 0.2) is 5.82 Å². The van der Waals surface area contributed by atoms with Crippen LogP contribution in [-0.4, -0.2) is 25.5 Å². The smallest absolute Gasteiger partial charge is 0.369 e. The Morgan fingerprint density at radius 1 is 1.35 bits per heavy atom. The molecule has 1 aromatic heterocycles. The molecular weight excluding hydrogens is 224 g/mol. The highest BCUT2D eigenvalue weighted by atomic mass is 16.4. The van der Waals surface area contributed by atoms with Gasteiger partial charge in [-0.3, -0.25) is 0 Å². The molecule has 0 amide bonds. The van der Waals surface area contributed by atoms with Crippen molar-refractivity contribution in [1.82, 2.24) is 14.5 Å². The second-order valence-corrected chi connectivity index (χ2v) is 3.46. The quantitative estimate of drug-likeness (QED) is 0.697. The Kier molecular flexibility index (Phi) is 2.43. The molecular formula is C10H10N4O3. The predicted octanol–water partition coefficient (Wildman–Crippen LogP) is -0.246. The van der Waals surface area contributed by atoms with E-state index >= 15 is 0 Å². The van der Waals surface area contributed by atoms with E-state index in [1.807, 2.05) is 0 Å². The van der Waals surface area contributed by atoms with Crippen LogP contribution in [-0.2, 0) is 0 Å². The number of nitrogen functional groups attached to an aromatic ring is 1. The van der Waals surface area contributed by atoms with Gasteiger partial charge in [-0.2, -0.15) is 9.36 Å². The van der Waals surface area contributed by atoms with Crippen molar-refractivity contribution in [3.8, 4) is 5.69 Å². The van der Waals surface area contributed by atoms with E-state index in [0.29, 0.717) is 11.5 Å². The number of aromatic carboxylic acids is 1. The molecule has 17 heavy (non-hydrogen) atoms. The van der Waals surface area contributed by atoms with Crippen molar-refractivity contribution < 1.29 is 9.90 Å². The molecule has 0 saturated carbocycles. The fraction of sp³-hybridized carbons (Fsp3) is 0.100. The van der Waals surface area contributed by atoms with Gasteiger partial charge in [0, 0.05) is 0 Å². The zero-order chi connectivity index (χ0) is 12.6. The normalized spacial score (nSPS) is 10.4. The van der Waals surface area contributed by atoms with Crippen LogP contribution in [0.15, 0.2) is 29.1 Å². The van der Waals surface area contributed by atoms with Crippen LogP contribution in [0.25, 0.3) is 5.69 Å². The number of aryl methyl sites for hydroxylation is 1. The number of aromatic nitrogens is 3. The van der Waals surface area contributed by atoms with Crippen molar-refractivity contribution in [2.24, 2.45) is 0 Å². The minimum Gasteiger partial charge on any atom is -0.478 e. The van der Waals surface area contributed by atoms with E-state index in [2.05, 4.69) is 5.10 Å². The SMILES string of the molecule is Cc1nn(-c2ccc(C(=O)O)cc2)c(=O)n1N. The van der Waals surface area contributed by atoms with Crippen LogP contribution in [0.3, 0.4) is 0 Å². The van der Waals surface area contributed by atoms with Crippen molar-refractivity contribution in [2.75, 3.05) is 5.84 Å². The lowest BCUT2D eigenvalue weighted by Crippen LogP contribution is -2.29. The van der Waals surface area contributed by atoms with E-state index < -0.39 is 11.7 Å². The summed E-state index contributed by atoms with van der Waals surface area (Å²) in [6.07, 6.45) is 0. The minimum absolute atomic E-state index is 0.144. The Balaban J connectivity index is 2.50. The number of hydrogen-bond donors (Lipinski definition) is 2. The molecule has 88 valence electrons. The van der Waals surface area contributed by atoms with E-state index in [0.717, 1.165) is 9.36 Å². The van der Waals surface area contributed by atoms with Crippen molar-refractivity contribution in [2.45, 2.75) is 6.92 Å². The summed E-state index contributed by atoms with van der Waals surface area (Å²) in [5, 5.41) is 12.7. The second-order valence-electron chi connectivity index (χ2n) is 3.46. The Labute approximate surface area is 95.7 Å². The maximum Gasteiger partial charge on any atom is 0.369 e. The van der Waals surface area contributed by atoms with E-state index in [9.17, 15) is 9.59 Å². The molecule has 1 heterocycles. The Hall–Kier alpha value is -2.57. The van der Waals surface area contributed by atoms with Gasteiger partial charge in [-0.25, -0.2) is 9.59 Å². The summed E-state index contributed by atoms with van der Waals surface area (Å²) in [6, 6.07) is 5.79. The van der Waals surface area contributed by atoms with Crippen molar-refractivity contribution >= 4 is 5.97 Å². The average molecular weight is 234 g/mol. The van der Waals surface area contributed by atoms with Crippen LogP contribution in [0.5, 0.6) is 0 Å². The monoisotopic (exact) mass is 234 g/mol. The first kappa shape index (κ1) is 10.9. The lowest BCUT2D eigenvalue weighted by Gasteiger charge is -1.99. The molecule has 0 atom stereocenters. The van der Waals surface area contributed by atoms with Gasteiger partial charge < -0.3 is 10.9 Å². The molecule has 2 rings (SSSR count). The fourth-order valence-electron chi connectivity index (χ4n) is 1.39. The largest absolute Gasteiger partial charge is 0.478 e. The van der Waals surface area contributed by atoms with Crippen LogP contribution in [0, 0.1) is 6.92 Å². The van der Waals surface area contributed by atoms with Crippen molar-refractivity contribution in [3.05, 3.63) is 46.1 Å². The van der Waals surface area contributed by atoms with Crippen LogP contribution >= 0.6 is 0 Å². The molecule has 3 N–H and O–H groups in total. The zero-order valence-corrected chi connectivity index (χ0v) is 8.99. The molecule has 0 fully saturated rings. The highest BCUT2D eigenvalue weighted by Crippen LogP contribution is 2.07. The van der Waals surface area contributed by atoms with Gasteiger partial charge in [-0.15, -0.1) is 5.10 Å².